The van der Waals surface area contributed by atoms with Gasteiger partial charge in [0.05, 0.1) is 17.7 Å². The molecule has 1 aromatic rings. The molecule has 0 radical (unpaired) electrons. The van der Waals surface area contributed by atoms with Crippen LogP contribution in [0.4, 0.5) is 0 Å². The lowest BCUT2D eigenvalue weighted by Gasteiger charge is -2.32. The average Bonchev–Trinajstić information content (AvgIpc) is 2.60. The smallest absolute Gasteiger partial charge is 0.224 e. The van der Waals surface area contributed by atoms with E-state index in [-0.39, 0.29) is 23.6 Å². The topological polar surface area (TPSA) is 66.5 Å². The Labute approximate surface area is 145 Å². The summed E-state index contributed by atoms with van der Waals surface area (Å²) in [6.45, 7) is 6.54. The van der Waals surface area contributed by atoms with Crippen LogP contribution in [0.1, 0.15) is 50.3 Å². The maximum atomic E-state index is 12.6. The standard InChI is InChI=1S/C18H28N2O3S/c1-4-17(15-10-8-14(3)9-11-15)19-18(21)16-7-6-12-20(13-16)24(22,23)5-2/h8-11,16-17H,4-7,12-13H2,1-3H3,(H,19,21). The van der Waals surface area contributed by atoms with Gasteiger partial charge in [-0.05, 0) is 38.7 Å². The zero-order valence-electron chi connectivity index (χ0n) is 14.8. The van der Waals surface area contributed by atoms with Crippen molar-refractivity contribution in [3.63, 3.8) is 0 Å². The van der Waals surface area contributed by atoms with E-state index >= 15 is 0 Å². The van der Waals surface area contributed by atoms with Crippen LogP contribution in [0.3, 0.4) is 0 Å². The van der Waals surface area contributed by atoms with E-state index in [4.69, 9.17) is 0 Å². The van der Waals surface area contributed by atoms with Crippen molar-refractivity contribution in [3.8, 4) is 0 Å². The van der Waals surface area contributed by atoms with Crippen molar-refractivity contribution in [2.45, 2.75) is 46.1 Å². The van der Waals surface area contributed by atoms with Crippen LogP contribution < -0.4 is 5.32 Å². The molecule has 2 unspecified atom stereocenters. The quantitative estimate of drug-likeness (QED) is 0.856. The number of hydrogen-bond donors (Lipinski definition) is 1. The van der Waals surface area contributed by atoms with Gasteiger partial charge in [-0.15, -0.1) is 0 Å². The minimum absolute atomic E-state index is 0.0312. The molecular formula is C18H28N2O3S. The van der Waals surface area contributed by atoms with Crippen LogP contribution in [-0.2, 0) is 14.8 Å². The maximum absolute atomic E-state index is 12.6. The summed E-state index contributed by atoms with van der Waals surface area (Å²) in [5, 5.41) is 3.10. The van der Waals surface area contributed by atoms with E-state index in [0.717, 1.165) is 24.8 Å². The summed E-state index contributed by atoms with van der Waals surface area (Å²) >= 11 is 0. The van der Waals surface area contributed by atoms with Crippen LogP contribution in [0.2, 0.25) is 0 Å². The first-order chi connectivity index (χ1) is 11.4. The molecule has 0 bridgehead atoms. The van der Waals surface area contributed by atoms with Gasteiger partial charge in [0.2, 0.25) is 15.9 Å². The van der Waals surface area contributed by atoms with Crippen molar-refractivity contribution in [1.29, 1.82) is 0 Å². The first-order valence-electron chi connectivity index (χ1n) is 8.72. The van der Waals surface area contributed by atoms with Crippen molar-refractivity contribution < 1.29 is 13.2 Å². The summed E-state index contributed by atoms with van der Waals surface area (Å²) in [6.07, 6.45) is 2.28. The lowest BCUT2D eigenvalue weighted by molar-refractivity contribution is -0.126. The number of aryl methyl sites for hydroxylation is 1. The highest BCUT2D eigenvalue weighted by Crippen LogP contribution is 2.22. The Morgan fingerprint density at radius 3 is 2.54 bits per heavy atom. The number of nitrogens with one attached hydrogen (secondary N) is 1. The monoisotopic (exact) mass is 352 g/mol. The molecule has 1 saturated heterocycles. The lowest BCUT2D eigenvalue weighted by Crippen LogP contribution is -2.46. The normalized spacial score (nSPS) is 20.5. The van der Waals surface area contributed by atoms with E-state index in [1.165, 1.54) is 9.87 Å². The van der Waals surface area contributed by atoms with Gasteiger partial charge in [0.1, 0.15) is 0 Å². The first kappa shape index (κ1) is 18.9. The van der Waals surface area contributed by atoms with E-state index in [1.807, 2.05) is 38.1 Å². The van der Waals surface area contributed by atoms with Crippen LogP contribution in [0, 0.1) is 12.8 Å². The number of benzene rings is 1. The molecule has 1 amide bonds. The SMILES string of the molecule is CCC(NC(=O)C1CCCN(S(=O)(=O)CC)C1)c1ccc(C)cc1. The second-order valence-corrected chi connectivity index (χ2v) is 8.74. The van der Waals surface area contributed by atoms with Crippen molar-refractivity contribution in [1.82, 2.24) is 9.62 Å². The van der Waals surface area contributed by atoms with Gasteiger partial charge in [-0.3, -0.25) is 4.79 Å². The van der Waals surface area contributed by atoms with E-state index in [9.17, 15) is 13.2 Å². The fourth-order valence-electron chi connectivity index (χ4n) is 3.10. The van der Waals surface area contributed by atoms with Gasteiger partial charge < -0.3 is 5.32 Å². The predicted molar refractivity (Wildman–Crippen MR) is 96.1 cm³/mol. The van der Waals surface area contributed by atoms with Crippen LogP contribution in [0.15, 0.2) is 24.3 Å². The van der Waals surface area contributed by atoms with Gasteiger partial charge in [-0.2, -0.15) is 0 Å². The number of amides is 1. The Morgan fingerprint density at radius 1 is 1.29 bits per heavy atom. The van der Waals surface area contributed by atoms with Crippen molar-refractivity contribution >= 4 is 15.9 Å². The highest BCUT2D eigenvalue weighted by Gasteiger charge is 2.32. The summed E-state index contributed by atoms with van der Waals surface area (Å²) in [7, 11) is -3.23. The highest BCUT2D eigenvalue weighted by molar-refractivity contribution is 7.89. The molecule has 1 fully saturated rings. The van der Waals surface area contributed by atoms with Crippen molar-refractivity contribution in [3.05, 3.63) is 35.4 Å². The zero-order valence-corrected chi connectivity index (χ0v) is 15.6. The summed E-state index contributed by atoms with van der Waals surface area (Å²) in [6, 6.07) is 8.13. The Balaban J connectivity index is 2.03. The number of carbonyl (C=O) groups is 1. The zero-order chi connectivity index (χ0) is 17.7. The maximum Gasteiger partial charge on any atom is 0.224 e. The number of carbonyl (C=O) groups excluding carboxylic acids is 1. The van der Waals surface area contributed by atoms with Crippen LogP contribution in [-0.4, -0.2) is 37.5 Å². The molecule has 0 saturated carbocycles. The average molecular weight is 353 g/mol. The summed E-state index contributed by atoms with van der Waals surface area (Å²) < 4.78 is 25.6. The molecule has 24 heavy (non-hydrogen) atoms. The molecule has 0 spiro atoms. The molecule has 0 aliphatic carbocycles. The molecule has 1 aliphatic heterocycles. The van der Waals surface area contributed by atoms with Crippen LogP contribution in [0.25, 0.3) is 0 Å². The predicted octanol–water partition coefficient (Wildman–Crippen LogP) is 2.62. The van der Waals surface area contributed by atoms with E-state index in [0.29, 0.717) is 13.1 Å². The fourth-order valence-corrected chi connectivity index (χ4v) is 4.28. The molecular weight excluding hydrogens is 324 g/mol. The number of hydrogen-bond acceptors (Lipinski definition) is 3. The lowest BCUT2D eigenvalue weighted by atomic mass is 9.97. The fraction of sp³-hybridized carbons (Fsp3) is 0.611. The summed E-state index contributed by atoms with van der Waals surface area (Å²) in [4.78, 5) is 12.6. The van der Waals surface area contributed by atoms with E-state index in [1.54, 1.807) is 6.92 Å². The second kappa shape index (κ2) is 8.12. The number of sulfonamides is 1. The van der Waals surface area contributed by atoms with Crippen molar-refractivity contribution in [2.24, 2.45) is 5.92 Å². The highest BCUT2D eigenvalue weighted by atomic mass is 32.2. The molecule has 1 aromatic carbocycles. The van der Waals surface area contributed by atoms with Crippen molar-refractivity contribution in [2.75, 3.05) is 18.8 Å². The molecule has 1 heterocycles. The van der Waals surface area contributed by atoms with E-state index in [2.05, 4.69) is 5.32 Å². The second-order valence-electron chi connectivity index (χ2n) is 6.48. The first-order valence-corrected chi connectivity index (χ1v) is 10.3. The van der Waals surface area contributed by atoms with Gasteiger partial charge >= 0.3 is 0 Å². The molecule has 5 nitrogen and oxygen atoms in total. The van der Waals surface area contributed by atoms with Gasteiger partial charge in [0, 0.05) is 13.1 Å². The Kier molecular flexibility index (Phi) is 6.40. The molecule has 134 valence electrons. The minimum atomic E-state index is -3.23. The molecule has 0 aromatic heterocycles. The van der Waals surface area contributed by atoms with Crippen LogP contribution in [0.5, 0.6) is 0 Å². The number of rotatable bonds is 6. The third-order valence-electron chi connectivity index (χ3n) is 4.72. The van der Waals surface area contributed by atoms with Gasteiger partial charge in [-0.25, -0.2) is 12.7 Å². The third-order valence-corrected chi connectivity index (χ3v) is 6.57. The molecule has 2 atom stereocenters. The van der Waals surface area contributed by atoms with Gasteiger partial charge in [0.25, 0.3) is 0 Å². The summed E-state index contributed by atoms with van der Waals surface area (Å²) in [5.41, 5.74) is 2.28. The molecule has 1 N–H and O–H groups in total. The molecule has 1 aliphatic rings. The molecule has 6 heteroatoms. The van der Waals surface area contributed by atoms with Gasteiger partial charge in [0.15, 0.2) is 0 Å². The Bertz CT molecular complexity index is 655. The van der Waals surface area contributed by atoms with E-state index < -0.39 is 10.0 Å². The third kappa shape index (κ3) is 4.57. The van der Waals surface area contributed by atoms with Gasteiger partial charge in [-0.1, -0.05) is 36.8 Å². The largest absolute Gasteiger partial charge is 0.349 e. The number of nitrogens with zero attached hydrogens (tertiary/aromatic N) is 1. The Morgan fingerprint density at radius 2 is 1.96 bits per heavy atom. The minimum Gasteiger partial charge on any atom is -0.349 e. The Hall–Kier alpha value is -1.40. The number of piperidine rings is 1. The van der Waals surface area contributed by atoms with Crippen LogP contribution >= 0.6 is 0 Å². The molecule has 2 rings (SSSR count). The summed E-state index contributed by atoms with van der Waals surface area (Å²) in [5.74, 6) is -0.222.